The summed E-state index contributed by atoms with van der Waals surface area (Å²) in [6.07, 6.45) is 0. The molecule has 32 heavy (non-hydrogen) atoms. The largest absolute Gasteiger partial charge is 0.351 e. The van der Waals surface area contributed by atoms with Crippen LogP contribution in [0.5, 0.6) is 0 Å². The van der Waals surface area contributed by atoms with Gasteiger partial charge in [-0.05, 0) is 31.2 Å². The third-order valence-corrected chi connectivity index (χ3v) is 6.22. The van der Waals surface area contributed by atoms with Gasteiger partial charge in [0.05, 0.1) is 10.6 Å². The topological polar surface area (TPSA) is 122 Å². The summed E-state index contributed by atoms with van der Waals surface area (Å²) in [6, 6.07) is 18.9. The van der Waals surface area contributed by atoms with E-state index in [0.717, 1.165) is 11.4 Å². The van der Waals surface area contributed by atoms with E-state index in [2.05, 4.69) is 26.0 Å². The monoisotopic (exact) mass is 446 g/mol. The molecule has 1 aliphatic heterocycles. The van der Waals surface area contributed by atoms with Crippen LogP contribution in [0, 0.1) is 6.92 Å². The Labute approximate surface area is 189 Å². The average Bonchev–Trinajstić information content (AvgIpc) is 3.18. The van der Waals surface area contributed by atoms with E-state index in [1.54, 1.807) is 6.92 Å². The van der Waals surface area contributed by atoms with E-state index < -0.39 is 5.92 Å². The molecule has 1 aromatic heterocycles. The van der Waals surface area contributed by atoms with Gasteiger partial charge in [-0.15, -0.1) is 11.3 Å². The SMILES string of the molecule is CC(=O)c1sc(C2C(=O)NC(Nc3ccccc3)=C(Nc3ccccc3)C2=NN)nc1C. The number of aryl methyl sites for hydroxylation is 1. The van der Waals surface area contributed by atoms with Crippen molar-refractivity contribution < 1.29 is 9.59 Å². The third-order valence-electron chi connectivity index (χ3n) is 4.90. The predicted octanol–water partition coefficient (Wildman–Crippen LogP) is 3.58. The number of carbonyl (C=O) groups excluding carboxylic acids is 2. The number of para-hydroxylation sites is 2. The Kier molecular flexibility index (Phi) is 6.00. The highest BCUT2D eigenvalue weighted by Gasteiger charge is 2.39. The number of hydrogen-bond acceptors (Lipinski definition) is 8. The zero-order chi connectivity index (χ0) is 22.7. The van der Waals surface area contributed by atoms with E-state index in [9.17, 15) is 9.59 Å². The number of thiazole rings is 1. The first-order valence-corrected chi connectivity index (χ1v) is 10.7. The fourth-order valence-corrected chi connectivity index (χ4v) is 4.51. The minimum atomic E-state index is -0.857. The van der Waals surface area contributed by atoms with Crippen molar-refractivity contribution in [2.24, 2.45) is 10.9 Å². The van der Waals surface area contributed by atoms with E-state index in [-0.39, 0.29) is 11.7 Å². The summed E-state index contributed by atoms with van der Waals surface area (Å²) in [5, 5.41) is 13.9. The Balaban J connectivity index is 1.80. The van der Waals surface area contributed by atoms with Crippen molar-refractivity contribution in [3.63, 3.8) is 0 Å². The highest BCUT2D eigenvalue weighted by Crippen LogP contribution is 2.32. The molecule has 2 aromatic carbocycles. The number of benzene rings is 2. The lowest BCUT2D eigenvalue weighted by atomic mass is 9.96. The number of amides is 1. The van der Waals surface area contributed by atoms with Crippen LogP contribution in [-0.4, -0.2) is 22.4 Å². The third kappa shape index (κ3) is 4.23. The highest BCUT2D eigenvalue weighted by molar-refractivity contribution is 7.14. The van der Waals surface area contributed by atoms with Gasteiger partial charge >= 0.3 is 0 Å². The Morgan fingerprint density at radius 3 is 2.19 bits per heavy atom. The van der Waals surface area contributed by atoms with Crippen molar-refractivity contribution in [1.82, 2.24) is 10.3 Å². The van der Waals surface area contributed by atoms with Gasteiger partial charge in [0.25, 0.3) is 0 Å². The molecule has 0 saturated carbocycles. The molecular formula is C23H22N6O2S. The minimum Gasteiger partial charge on any atom is -0.351 e. The molecule has 0 bridgehead atoms. The van der Waals surface area contributed by atoms with E-state index in [4.69, 9.17) is 5.84 Å². The van der Waals surface area contributed by atoms with Crippen LogP contribution in [0.3, 0.4) is 0 Å². The number of rotatable bonds is 6. The zero-order valence-corrected chi connectivity index (χ0v) is 18.4. The molecule has 0 saturated heterocycles. The Morgan fingerprint density at radius 1 is 1.06 bits per heavy atom. The van der Waals surface area contributed by atoms with Crippen molar-refractivity contribution in [1.29, 1.82) is 0 Å². The summed E-state index contributed by atoms with van der Waals surface area (Å²) in [5.74, 6) is 4.94. The van der Waals surface area contributed by atoms with Crippen molar-refractivity contribution in [3.05, 3.63) is 87.8 Å². The molecule has 4 rings (SSSR count). The highest BCUT2D eigenvalue weighted by atomic mass is 32.1. The lowest BCUT2D eigenvalue weighted by Crippen LogP contribution is -2.44. The molecule has 162 valence electrons. The lowest BCUT2D eigenvalue weighted by molar-refractivity contribution is -0.120. The molecule has 0 radical (unpaired) electrons. The van der Waals surface area contributed by atoms with Crippen molar-refractivity contribution in [2.75, 3.05) is 10.6 Å². The van der Waals surface area contributed by atoms with Gasteiger partial charge in [-0.25, -0.2) is 4.98 Å². The quantitative estimate of drug-likeness (QED) is 0.261. The maximum absolute atomic E-state index is 13.2. The summed E-state index contributed by atoms with van der Waals surface area (Å²) in [4.78, 5) is 30.1. The molecule has 0 fully saturated rings. The molecule has 3 aromatic rings. The van der Waals surface area contributed by atoms with Crippen LogP contribution in [0.1, 0.15) is 33.2 Å². The number of nitrogens with two attached hydrogens (primary N) is 1. The van der Waals surface area contributed by atoms with E-state index in [1.165, 1.54) is 18.3 Å². The second kappa shape index (κ2) is 9.03. The zero-order valence-electron chi connectivity index (χ0n) is 17.5. The molecule has 0 aliphatic carbocycles. The summed E-state index contributed by atoms with van der Waals surface area (Å²) in [7, 11) is 0. The van der Waals surface area contributed by atoms with Crippen LogP contribution in [-0.2, 0) is 4.79 Å². The van der Waals surface area contributed by atoms with E-state index in [1.807, 2.05) is 60.7 Å². The molecule has 1 amide bonds. The molecule has 1 aliphatic rings. The molecule has 5 N–H and O–H groups in total. The number of allylic oxidation sites excluding steroid dienone is 1. The molecule has 1 atom stereocenters. The number of anilines is 2. The van der Waals surface area contributed by atoms with Crippen LogP contribution >= 0.6 is 11.3 Å². The fraction of sp³-hybridized carbons (Fsp3) is 0.130. The Hall–Kier alpha value is -3.98. The van der Waals surface area contributed by atoms with Crippen LogP contribution in [0.4, 0.5) is 11.4 Å². The summed E-state index contributed by atoms with van der Waals surface area (Å²) >= 11 is 1.18. The van der Waals surface area contributed by atoms with E-state index >= 15 is 0 Å². The van der Waals surface area contributed by atoms with Gasteiger partial charge in [0.2, 0.25) is 5.91 Å². The minimum absolute atomic E-state index is 0.0988. The molecule has 8 nitrogen and oxygen atoms in total. The first-order chi connectivity index (χ1) is 15.5. The standard InChI is InChI=1S/C23H22N6O2S/c1-13-20(14(2)30)32-23(25-13)17-18(29-24)19(26-15-9-5-3-6-10-15)21(28-22(17)31)27-16-11-7-4-8-12-16/h3-12,17,26-27H,24H2,1-2H3,(H,28,31). The predicted molar refractivity (Wildman–Crippen MR) is 127 cm³/mol. The van der Waals surface area contributed by atoms with E-state index in [0.29, 0.717) is 32.8 Å². The fourth-order valence-electron chi connectivity index (χ4n) is 3.44. The first kappa shape index (κ1) is 21.3. The van der Waals surface area contributed by atoms with Crippen molar-refractivity contribution in [3.8, 4) is 0 Å². The summed E-state index contributed by atoms with van der Waals surface area (Å²) in [6.45, 7) is 3.23. The van der Waals surface area contributed by atoms with Crippen LogP contribution < -0.4 is 21.8 Å². The average molecular weight is 447 g/mol. The van der Waals surface area contributed by atoms with Gasteiger partial charge < -0.3 is 21.8 Å². The molecule has 9 heteroatoms. The normalized spacial score (nSPS) is 17.2. The molecular weight excluding hydrogens is 424 g/mol. The number of carbonyl (C=O) groups is 2. The molecule has 1 unspecified atom stereocenters. The van der Waals surface area contributed by atoms with Crippen molar-refractivity contribution in [2.45, 2.75) is 19.8 Å². The summed E-state index contributed by atoms with van der Waals surface area (Å²) < 4.78 is 0. The second-order valence-corrected chi connectivity index (χ2v) is 8.22. The van der Waals surface area contributed by atoms with Crippen LogP contribution in [0.15, 0.2) is 77.3 Å². The number of Topliss-reactive ketones (excluding diaryl/α,β-unsaturated/α-hetero) is 1. The number of hydrazone groups is 1. The van der Waals surface area contributed by atoms with Crippen molar-refractivity contribution >= 4 is 40.1 Å². The number of nitrogens with one attached hydrogen (secondary N) is 3. The van der Waals surface area contributed by atoms with Crippen LogP contribution in [0.25, 0.3) is 0 Å². The number of hydrogen-bond donors (Lipinski definition) is 4. The Bertz CT molecular complexity index is 1220. The first-order valence-electron chi connectivity index (χ1n) is 9.93. The Morgan fingerprint density at radius 2 is 1.66 bits per heavy atom. The van der Waals surface area contributed by atoms with Gasteiger partial charge in [-0.2, -0.15) is 5.10 Å². The molecule has 2 heterocycles. The van der Waals surface area contributed by atoms with Gasteiger partial charge in [0.1, 0.15) is 28.2 Å². The lowest BCUT2D eigenvalue weighted by Gasteiger charge is -2.29. The smallest absolute Gasteiger partial charge is 0.241 e. The molecule has 0 spiro atoms. The van der Waals surface area contributed by atoms with Gasteiger partial charge in [0.15, 0.2) is 5.78 Å². The van der Waals surface area contributed by atoms with Crippen LogP contribution in [0.2, 0.25) is 0 Å². The van der Waals surface area contributed by atoms with Gasteiger partial charge in [0, 0.05) is 18.3 Å². The maximum Gasteiger partial charge on any atom is 0.241 e. The summed E-state index contributed by atoms with van der Waals surface area (Å²) in [5.41, 5.74) is 3.00. The maximum atomic E-state index is 13.2. The van der Waals surface area contributed by atoms with Gasteiger partial charge in [-0.1, -0.05) is 36.4 Å². The number of ketones is 1. The number of aromatic nitrogens is 1. The van der Waals surface area contributed by atoms with Gasteiger partial charge in [-0.3, -0.25) is 9.59 Å². The number of nitrogens with zero attached hydrogens (tertiary/aromatic N) is 2. The second-order valence-electron chi connectivity index (χ2n) is 7.19.